The van der Waals surface area contributed by atoms with Gasteiger partial charge in [-0.2, -0.15) is 0 Å². The van der Waals surface area contributed by atoms with E-state index in [1.54, 1.807) is 18.2 Å². The number of amides is 2. The second-order valence-corrected chi connectivity index (χ2v) is 7.79. The van der Waals surface area contributed by atoms with E-state index in [1.165, 1.54) is 35.0 Å². The zero-order valence-electron chi connectivity index (χ0n) is 15.0. The summed E-state index contributed by atoms with van der Waals surface area (Å²) < 4.78 is 5.14. The average molecular weight is 422 g/mol. The molecule has 0 saturated heterocycles. The van der Waals surface area contributed by atoms with Crippen LogP contribution in [0.4, 0.5) is 10.1 Å². The number of benzene rings is 1. The molecule has 4 aromatic rings. The summed E-state index contributed by atoms with van der Waals surface area (Å²) in [5.74, 6) is -0.477. The Morgan fingerprint density at radius 1 is 1.00 bits per heavy atom. The van der Waals surface area contributed by atoms with E-state index in [-0.39, 0.29) is 17.6 Å². The minimum Gasteiger partial charge on any atom is -0.459 e. The molecule has 0 radical (unpaired) electrons. The number of hydrogen-bond donors (Lipinski definition) is 2. The van der Waals surface area contributed by atoms with Crippen LogP contribution in [0.3, 0.4) is 0 Å². The molecule has 0 aliphatic heterocycles. The predicted octanol–water partition coefficient (Wildman–Crippen LogP) is 5.37. The first-order chi connectivity index (χ1) is 14.2. The van der Waals surface area contributed by atoms with Gasteiger partial charge in [-0.05, 0) is 35.2 Å². The van der Waals surface area contributed by atoms with E-state index in [0.717, 1.165) is 10.4 Å². The molecule has 1 aromatic carbocycles. The maximum atomic E-state index is 12.4. The van der Waals surface area contributed by atoms with Crippen LogP contribution in [-0.2, 0) is 4.79 Å². The lowest BCUT2D eigenvalue weighted by Gasteiger charge is -2.01. The fourth-order valence-electron chi connectivity index (χ4n) is 2.49. The summed E-state index contributed by atoms with van der Waals surface area (Å²) in [6, 6.07) is 16.6. The van der Waals surface area contributed by atoms with Crippen molar-refractivity contribution in [1.82, 2.24) is 4.98 Å². The van der Waals surface area contributed by atoms with Crippen molar-refractivity contribution >= 4 is 50.7 Å². The lowest BCUT2D eigenvalue weighted by atomic mass is 10.2. The highest BCUT2D eigenvalue weighted by Gasteiger charge is 2.19. The minimum absolute atomic E-state index is 0.201. The normalized spacial score (nSPS) is 10.9. The molecular weight excluding hydrogens is 406 g/mol. The van der Waals surface area contributed by atoms with Crippen LogP contribution >= 0.6 is 22.7 Å². The number of carbonyl (C=O) groups is 2. The Kier molecular flexibility index (Phi) is 5.64. The smallest absolute Gasteiger partial charge is 0.292 e. The third-order valence-electron chi connectivity index (χ3n) is 3.81. The van der Waals surface area contributed by atoms with Gasteiger partial charge >= 0.3 is 0 Å². The molecule has 0 aliphatic rings. The number of rotatable bonds is 6. The van der Waals surface area contributed by atoms with Crippen LogP contribution in [0.2, 0.25) is 0 Å². The number of nitrogens with zero attached hydrogens (tertiary/aromatic N) is 1. The van der Waals surface area contributed by atoms with Gasteiger partial charge in [-0.1, -0.05) is 47.7 Å². The fourth-order valence-corrected chi connectivity index (χ4v) is 4.16. The van der Waals surface area contributed by atoms with Crippen molar-refractivity contribution in [3.63, 3.8) is 0 Å². The topological polar surface area (TPSA) is 84.2 Å². The summed E-state index contributed by atoms with van der Waals surface area (Å²) >= 11 is 2.69. The Balaban J connectivity index is 1.54. The van der Waals surface area contributed by atoms with Crippen molar-refractivity contribution in [3.05, 3.63) is 83.6 Å². The molecule has 0 fully saturated rings. The van der Waals surface area contributed by atoms with Crippen LogP contribution < -0.4 is 10.6 Å². The molecule has 2 N–H and O–H groups in total. The molecule has 29 heavy (non-hydrogen) atoms. The Bertz CT molecular complexity index is 1130. The van der Waals surface area contributed by atoms with Crippen molar-refractivity contribution in [1.29, 1.82) is 0 Å². The van der Waals surface area contributed by atoms with Gasteiger partial charge < -0.3 is 9.73 Å². The Morgan fingerprint density at radius 3 is 2.59 bits per heavy atom. The molecule has 6 nitrogen and oxygen atoms in total. The lowest BCUT2D eigenvalue weighted by molar-refractivity contribution is -0.111. The highest BCUT2D eigenvalue weighted by atomic mass is 32.1. The van der Waals surface area contributed by atoms with Gasteiger partial charge in [0.15, 0.2) is 10.9 Å². The monoisotopic (exact) mass is 421 g/mol. The number of thiophene rings is 1. The van der Waals surface area contributed by atoms with E-state index >= 15 is 0 Å². The van der Waals surface area contributed by atoms with Crippen LogP contribution in [0.1, 0.15) is 16.1 Å². The van der Waals surface area contributed by atoms with Gasteiger partial charge in [0.2, 0.25) is 5.91 Å². The Labute approximate surface area is 174 Å². The Hall–Kier alpha value is -3.49. The van der Waals surface area contributed by atoms with E-state index in [4.69, 9.17) is 4.42 Å². The molecule has 0 spiro atoms. The Morgan fingerprint density at radius 2 is 1.86 bits per heavy atom. The maximum Gasteiger partial charge on any atom is 0.292 e. The summed E-state index contributed by atoms with van der Waals surface area (Å²) in [6.45, 7) is 0. The number of thiazole rings is 1. The van der Waals surface area contributed by atoms with Crippen molar-refractivity contribution in [2.24, 2.45) is 0 Å². The third kappa shape index (κ3) is 4.68. The zero-order chi connectivity index (χ0) is 20.1. The average Bonchev–Trinajstić information content (AvgIpc) is 3.49. The molecule has 0 unspecified atom stereocenters. The number of furan rings is 1. The molecule has 8 heteroatoms. The molecule has 4 rings (SSSR count). The van der Waals surface area contributed by atoms with Crippen molar-refractivity contribution in [2.45, 2.75) is 0 Å². The second-order valence-electron chi connectivity index (χ2n) is 5.84. The van der Waals surface area contributed by atoms with Crippen molar-refractivity contribution in [2.75, 3.05) is 10.6 Å². The van der Waals surface area contributed by atoms with Crippen LogP contribution in [0.15, 0.2) is 76.7 Å². The minimum atomic E-state index is -0.377. The van der Waals surface area contributed by atoms with Crippen LogP contribution in [0, 0.1) is 0 Å². The van der Waals surface area contributed by atoms with Crippen molar-refractivity contribution < 1.29 is 14.0 Å². The van der Waals surface area contributed by atoms with E-state index in [2.05, 4.69) is 15.6 Å². The number of hydrogen-bond acceptors (Lipinski definition) is 6. The maximum absolute atomic E-state index is 12.4. The number of nitrogens with one attached hydrogen (secondary N) is 2. The SMILES string of the molecule is O=C(C=Cc1ccccc1)Nc1nc(-c2cccs2)c(NC(=O)c2ccco2)s1. The second kappa shape index (κ2) is 8.68. The number of aromatic nitrogens is 1. The highest BCUT2D eigenvalue weighted by molar-refractivity contribution is 7.21. The van der Waals surface area contributed by atoms with Crippen molar-refractivity contribution in [3.8, 4) is 10.6 Å². The largest absolute Gasteiger partial charge is 0.459 e. The van der Waals surface area contributed by atoms with Gasteiger partial charge in [0.25, 0.3) is 5.91 Å². The van der Waals surface area contributed by atoms with E-state index in [0.29, 0.717) is 15.8 Å². The molecule has 0 atom stereocenters. The van der Waals surface area contributed by atoms with E-state index < -0.39 is 0 Å². The van der Waals surface area contributed by atoms with Gasteiger partial charge in [0.05, 0.1) is 11.1 Å². The number of carbonyl (C=O) groups excluding carboxylic acids is 2. The van der Waals surface area contributed by atoms with Crippen LogP contribution in [0.5, 0.6) is 0 Å². The molecule has 3 heterocycles. The molecular formula is C21H15N3O3S2. The summed E-state index contributed by atoms with van der Waals surface area (Å²) in [5.41, 5.74) is 1.53. The molecule has 0 bridgehead atoms. The lowest BCUT2D eigenvalue weighted by Crippen LogP contribution is -2.10. The fraction of sp³-hybridized carbons (Fsp3) is 0. The first-order valence-corrected chi connectivity index (χ1v) is 10.3. The first-order valence-electron chi connectivity index (χ1n) is 8.63. The van der Waals surface area contributed by atoms with Gasteiger partial charge in [-0.3, -0.25) is 14.9 Å². The third-order valence-corrected chi connectivity index (χ3v) is 5.57. The standard InChI is InChI=1S/C21H15N3O3S2/c25-17(11-10-14-6-2-1-3-7-14)22-21-23-18(16-9-5-13-28-16)20(29-21)24-19(26)15-8-4-12-27-15/h1-13H,(H,24,26)(H,22,23,25). The quantitative estimate of drug-likeness (QED) is 0.410. The van der Waals surface area contributed by atoms with Crippen LogP contribution in [-0.4, -0.2) is 16.8 Å². The predicted molar refractivity (Wildman–Crippen MR) is 116 cm³/mol. The van der Waals surface area contributed by atoms with Gasteiger partial charge in [-0.25, -0.2) is 4.98 Å². The molecule has 144 valence electrons. The summed E-state index contributed by atoms with van der Waals surface area (Å²) in [6.07, 6.45) is 4.61. The summed E-state index contributed by atoms with van der Waals surface area (Å²) in [4.78, 5) is 30.0. The van der Waals surface area contributed by atoms with Gasteiger partial charge in [-0.15, -0.1) is 11.3 Å². The molecule has 0 aliphatic carbocycles. The van der Waals surface area contributed by atoms with Gasteiger partial charge in [0, 0.05) is 6.08 Å². The van der Waals surface area contributed by atoms with Crippen LogP contribution in [0.25, 0.3) is 16.6 Å². The first kappa shape index (κ1) is 18.9. The van der Waals surface area contributed by atoms with Gasteiger partial charge in [0.1, 0.15) is 10.7 Å². The number of anilines is 2. The molecule has 2 amide bonds. The summed E-state index contributed by atoms with van der Waals surface area (Å²) in [5, 5.41) is 8.42. The highest BCUT2D eigenvalue weighted by Crippen LogP contribution is 2.38. The molecule has 3 aromatic heterocycles. The summed E-state index contributed by atoms with van der Waals surface area (Å²) in [7, 11) is 0. The zero-order valence-corrected chi connectivity index (χ0v) is 16.6. The molecule has 0 saturated carbocycles. The van der Waals surface area contributed by atoms with E-state index in [1.807, 2.05) is 47.8 Å². The van der Waals surface area contributed by atoms with E-state index in [9.17, 15) is 9.59 Å².